The summed E-state index contributed by atoms with van der Waals surface area (Å²) in [6, 6.07) is 12.2. The Kier molecular flexibility index (Phi) is 6.02. The highest BCUT2D eigenvalue weighted by atomic mass is 32.2. The molecule has 0 fully saturated rings. The van der Waals surface area contributed by atoms with Crippen molar-refractivity contribution in [3.8, 4) is 0 Å². The molecule has 0 spiro atoms. The van der Waals surface area contributed by atoms with E-state index in [0.29, 0.717) is 0 Å². The van der Waals surface area contributed by atoms with Crippen molar-refractivity contribution in [3.63, 3.8) is 0 Å². The Morgan fingerprint density at radius 1 is 1.38 bits per heavy atom. The third-order valence-electron chi connectivity index (χ3n) is 2.97. The summed E-state index contributed by atoms with van der Waals surface area (Å²) in [5.41, 5.74) is 4.99. The fourth-order valence-corrected chi connectivity index (χ4v) is 3.26. The molecule has 0 aliphatic carbocycles. The second-order valence-corrected chi connectivity index (χ2v) is 6.92. The number of aryl methyl sites for hydroxylation is 1. The first kappa shape index (κ1) is 15.8. The second-order valence-electron chi connectivity index (χ2n) is 4.64. The van der Waals surface area contributed by atoms with Crippen LogP contribution in [0.2, 0.25) is 0 Å². The minimum atomic E-state index is -0.133. The summed E-state index contributed by atoms with van der Waals surface area (Å²) < 4.78 is 0. The Labute approximate surface area is 133 Å². The number of nitrogens with one attached hydrogen (secondary N) is 1. The normalized spacial score (nSPS) is 12.5. The van der Waals surface area contributed by atoms with Gasteiger partial charge in [-0.05, 0) is 36.4 Å². The van der Waals surface area contributed by atoms with Gasteiger partial charge in [0.25, 0.3) is 5.91 Å². The number of benzene rings is 1. The van der Waals surface area contributed by atoms with Crippen LogP contribution < -0.4 is 5.43 Å². The molecule has 1 aromatic heterocycles. The Hall–Kier alpha value is -1.59. The van der Waals surface area contributed by atoms with Crippen molar-refractivity contribution in [1.29, 1.82) is 0 Å². The fourth-order valence-electron chi connectivity index (χ4n) is 1.63. The van der Waals surface area contributed by atoms with Crippen molar-refractivity contribution in [2.24, 2.45) is 5.10 Å². The van der Waals surface area contributed by atoms with Crippen molar-refractivity contribution in [2.75, 3.05) is 0 Å². The van der Waals surface area contributed by atoms with E-state index in [0.717, 1.165) is 10.6 Å². The molecule has 0 saturated heterocycles. The van der Waals surface area contributed by atoms with Gasteiger partial charge in [0.15, 0.2) is 0 Å². The lowest BCUT2D eigenvalue weighted by molar-refractivity contribution is -0.120. The Morgan fingerprint density at radius 2 is 2.14 bits per heavy atom. The molecule has 1 heterocycles. The summed E-state index contributed by atoms with van der Waals surface area (Å²) in [5, 5.41) is 5.90. The zero-order valence-corrected chi connectivity index (χ0v) is 13.7. The predicted molar refractivity (Wildman–Crippen MR) is 92.0 cm³/mol. The van der Waals surface area contributed by atoms with E-state index in [1.54, 1.807) is 29.3 Å². The molecule has 0 radical (unpaired) electrons. The average molecular weight is 318 g/mol. The van der Waals surface area contributed by atoms with Gasteiger partial charge in [-0.2, -0.15) is 5.10 Å². The summed E-state index contributed by atoms with van der Waals surface area (Å²) in [6.07, 6.45) is 1.70. The number of hydrogen-bond acceptors (Lipinski definition) is 4. The predicted octanol–water partition coefficient (Wildman–Crippen LogP) is 3.83. The Bertz CT molecular complexity index is 608. The zero-order chi connectivity index (χ0) is 15.1. The Morgan fingerprint density at radius 3 is 2.81 bits per heavy atom. The smallest absolute Gasteiger partial charge is 0.252 e. The third kappa shape index (κ3) is 5.02. The van der Waals surface area contributed by atoms with Crippen molar-refractivity contribution < 1.29 is 4.79 Å². The first-order valence-corrected chi connectivity index (χ1v) is 8.62. The van der Waals surface area contributed by atoms with Gasteiger partial charge in [0, 0.05) is 10.6 Å². The van der Waals surface area contributed by atoms with Gasteiger partial charge in [-0.15, -0.1) is 23.1 Å². The van der Waals surface area contributed by atoms with Crippen LogP contribution in [0.3, 0.4) is 0 Å². The summed E-state index contributed by atoms with van der Waals surface area (Å²) >= 11 is 3.22. The molecule has 1 N–H and O–H groups in total. The number of carbonyl (C=O) groups is 1. The van der Waals surface area contributed by atoms with E-state index in [1.807, 2.05) is 43.5 Å². The molecule has 0 bridgehead atoms. The lowest BCUT2D eigenvalue weighted by atomic mass is 10.2. The van der Waals surface area contributed by atoms with E-state index in [4.69, 9.17) is 0 Å². The number of hydrogen-bond donors (Lipinski definition) is 1. The number of thioether (sulfide) groups is 1. The summed E-state index contributed by atoms with van der Waals surface area (Å²) in [6.45, 7) is 3.92. The number of amides is 1. The van der Waals surface area contributed by atoms with E-state index >= 15 is 0 Å². The molecule has 0 saturated carbocycles. The number of nitrogens with zero attached hydrogens (tertiary/aromatic N) is 1. The van der Waals surface area contributed by atoms with Gasteiger partial charge < -0.3 is 0 Å². The van der Waals surface area contributed by atoms with Gasteiger partial charge in [-0.25, -0.2) is 5.43 Å². The first-order valence-electron chi connectivity index (χ1n) is 6.69. The van der Waals surface area contributed by atoms with E-state index in [9.17, 15) is 4.79 Å². The highest BCUT2D eigenvalue weighted by molar-refractivity contribution is 7.99. The van der Waals surface area contributed by atoms with Crippen molar-refractivity contribution in [1.82, 2.24) is 5.43 Å². The van der Waals surface area contributed by atoms with Crippen LogP contribution in [0.4, 0.5) is 0 Å². The van der Waals surface area contributed by atoms with E-state index < -0.39 is 0 Å². The van der Waals surface area contributed by atoms with Gasteiger partial charge in [-0.1, -0.05) is 30.3 Å². The fraction of sp³-hybridized carbons (Fsp3) is 0.250. The number of carbonyl (C=O) groups excluding carboxylic acids is 1. The number of rotatable bonds is 6. The SMILES string of the molecule is Cc1ccsc1/C=N/NC(=O)C(C)SCc1ccccc1. The van der Waals surface area contributed by atoms with Crippen LogP contribution in [0.5, 0.6) is 0 Å². The molecule has 2 aromatic rings. The molecular formula is C16H18N2OS2. The maximum atomic E-state index is 11.9. The standard InChI is InChI=1S/C16H18N2OS2/c1-12-8-9-20-15(12)10-17-18-16(19)13(2)21-11-14-6-4-3-5-7-14/h3-10,13H,11H2,1-2H3,(H,18,19)/b17-10+. The van der Waals surface area contributed by atoms with Crippen molar-refractivity contribution in [3.05, 3.63) is 57.8 Å². The van der Waals surface area contributed by atoms with Crippen LogP contribution >= 0.6 is 23.1 Å². The van der Waals surface area contributed by atoms with Gasteiger partial charge in [0.1, 0.15) is 0 Å². The molecule has 3 nitrogen and oxygen atoms in total. The zero-order valence-electron chi connectivity index (χ0n) is 12.1. The average Bonchev–Trinajstić information content (AvgIpc) is 2.91. The highest BCUT2D eigenvalue weighted by Crippen LogP contribution is 2.17. The topological polar surface area (TPSA) is 41.5 Å². The van der Waals surface area contributed by atoms with Crippen LogP contribution in [0.25, 0.3) is 0 Å². The van der Waals surface area contributed by atoms with Crippen LogP contribution in [0, 0.1) is 6.92 Å². The minimum Gasteiger partial charge on any atom is -0.272 e. The van der Waals surface area contributed by atoms with Gasteiger partial charge >= 0.3 is 0 Å². The molecule has 1 amide bonds. The highest BCUT2D eigenvalue weighted by Gasteiger charge is 2.12. The molecule has 2 rings (SSSR count). The molecule has 5 heteroatoms. The summed E-state index contributed by atoms with van der Waals surface area (Å²) in [4.78, 5) is 13.0. The molecule has 0 aliphatic rings. The van der Waals surface area contributed by atoms with Crippen molar-refractivity contribution >= 4 is 35.2 Å². The quantitative estimate of drug-likeness (QED) is 0.649. The van der Waals surface area contributed by atoms with Gasteiger partial charge in [-0.3, -0.25) is 4.79 Å². The molecule has 0 aliphatic heterocycles. The van der Waals surface area contributed by atoms with Gasteiger partial charge in [0.05, 0.1) is 11.5 Å². The maximum absolute atomic E-state index is 11.9. The minimum absolute atomic E-state index is 0.0682. The molecular weight excluding hydrogens is 300 g/mol. The third-order valence-corrected chi connectivity index (χ3v) is 5.14. The number of hydrazone groups is 1. The van der Waals surface area contributed by atoms with Crippen LogP contribution in [-0.2, 0) is 10.5 Å². The summed E-state index contributed by atoms with van der Waals surface area (Å²) in [7, 11) is 0. The largest absolute Gasteiger partial charge is 0.272 e. The number of thiophene rings is 1. The van der Waals surface area contributed by atoms with Crippen molar-refractivity contribution in [2.45, 2.75) is 24.9 Å². The molecule has 1 unspecified atom stereocenters. The molecule has 110 valence electrons. The molecule has 1 aromatic carbocycles. The molecule has 1 atom stereocenters. The van der Waals surface area contributed by atoms with Crippen LogP contribution in [-0.4, -0.2) is 17.4 Å². The first-order chi connectivity index (χ1) is 10.2. The maximum Gasteiger partial charge on any atom is 0.252 e. The van der Waals surface area contributed by atoms with E-state index in [2.05, 4.69) is 22.7 Å². The lowest BCUT2D eigenvalue weighted by Gasteiger charge is -2.09. The van der Waals surface area contributed by atoms with E-state index in [-0.39, 0.29) is 11.2 Å². The second kappa shape index (κ2) is 8.00. The summed E-state index contributed by atoms with van der Waals surface area (Å²) in [5.74, 6) is 0.754. The molecule has 21 heavy (non-hydrogen) atoms. The van der Waals surface area contributed by atoms with Crippen LogP contribution in [0.15, 0.2) is 46.9 Å². The Balaban J connectivity index is 1.77. The van der Waals surface area contributed by atoms with E-state index in [1.165, 1.54) is 11.1 Å². The lowest BCUT2D eigenvalue weighted by Crippen LogP contribution is -2.26. The monoisotopic (exact) mass is 318 g/mol. The van der Waals surface area contributed by atoms with Gasteiger partial charge in [0.2, 0.25) is 0 Å². The van der Waals surface area contributed by atoms with Crippen LogP contribution in [0.1, 0.15) is 22.9 Å².